The molecule has 1 unspecified atom stereocenters. The summed E-state index contributed by atoms with van der Waals surface area (Å²) < 4.78 is 0. The Balaban J connectivity index is 2.33. The van der Waals surface area contributed by atoms with Crippen LogP contribution in [0.5, 0.6) is 0 Å². The molecule has 1 heterocycles. The standard InChI is InChI=1S/C14H20ClN3O/c1-16-9-10-5-6-11(15)8-13(10)18-7-3-4-12(18)14(19)17-2/h5-6,8,12,16H,3-4,7,9H2,1-2H3,(H,17,19). The predicted octanol–water partition coefficient (Wildman–Crippen LogP) is 1.77. The van der Waals surface area contributed by atoms with Gasteiger partial charge in [0.25, 0.3) is 0 Å². The maximum atomic E-state index is 12.0. The average Bonchev–Trinajstić information content (AvgIpc) is 2.89. The van der Waals surface area contributed by atoms with Crippen LogP contribution in [0.15, 0.2) is 18.2 Å². The zero-order valence-electron chi connectivity index (χ0n) is 11.4. The van der Waals surface area contributed by atoms with E-state index in [1.165, 1.54) is 5.56 Å². The third-order valence-corrected chi connectivity index (χ3v) is 3.76. The summed E-state index contributed by atoms with van der Waals surface area (Å²) in [5.74, 6) is 0.0767. The van der Waals surface area contributed by atoms with Crippen LogP contribution in [0.4, 0.5) is 5.69 Å². The number of carbonyl (C=O) groups excluding carboxylic acids is 1. The van der Waals surface area contributed by atoms with E-state index in [-0.39, 0.29) is 11.9 Å². The minimum atomic E-state index is -0.0842. The zero-order chi connectivity index (χ0) is 13.8. The zero-order valence-corrected chi connectivity index (χ0v) is 12.1. The first-order valence-electron chi connectivity index (χ1n) is 6.58. The Hall–Kier alpha value is -1.26. The van der Waals surface area contributed by atoms with Crippen molar-refractivity contribution in [2.75, 3.05) is 25.5 Å². The summed E-state index contributed by atoms with van der Waals surface area (Å²) in [7, 11) is 3.60. The van der Waals surface area contributed by atoms with Crippen LogP contribution in [0.25, 0.3) is 0 Å². The molecule has 1 atom stereocenters. The van der Waals surface area contributed by atoms with Gasteiger partial charge in [-0.3, -0.25) is 4.79 Å². The Morgan fingerprint density at radius 2 is 2.26 bits per heavy atom. The van der Waals surface area contributed by atoms with Crippen LogP contribution < -0.4 is 15.5 Å². The van der Waals surface area contributed by atoms with Crippen LogP contribution in [0.1, 0.15) is 18.4 Å². The molecule has 1 aliphatic rings. The Morgan fingerprint density at radius 1 is 1.47 bits per heavy atom. The van der Waals surface area contributed by atoms with E-state index in [1.54, 1.807) is 7.05 Å². The van der Waals surface area contributed by atoms with Gasteiger partial charge in [0.15, 0.2) is 0 Å². The molecular formula is C14H20ClN3O. The second kappa shape index (κ2) is 6.26. The summed E-state index contributed by atoms with van der Waals surface area (Å²) in [6.07, 6.45) is 1.93. The summed E-state index contributed by atoms with van der Waals surface area (Å²) in [5, 5.41) is 6.60. The van der Waals surface area contributed by atoms with Gasteiger partial charge in [-0.2, -0.15) is 0 Å². The molecule has 1 amide bonds. The summed E-state index contributed by atoms with van der Waals surface area (Å²) in [6.45, 7) is 1.67. The number of anilines is 1. The lowest BCUT2D eigenvalue weighted by molar-refractivity contribution is -0.121. The van der Waals surface area contributed by atoms with E-state index in [4.69, 9.17) is 11.6 Å². The molecule has 104 valence electrons. The summed E-state index contributed by atoms with van der Waals surface area (Å²) in [5.41, 5.74) is 2.23. The lowest BCUT2D eigenvalue weighted by Gasteiger charge is -2.28. The van der Waals surface area contributed by atoms with Crippen molar-refractivity contribution in [3.63, 3.8) is 0 Å². The van der Waals surface area contributed by atoms with Gasteiger partial charge in [0.1, 0.15) is 6.04 Å². The quantitative estimate of drug-likeness (QED) is 0.884. The Labute approximate surface area is 119 Å². The van der Waals surface area contributed by atoms with Crippen molar-refractivity contribution in [1.82, 2.24) is 10.6 Å². The van der Waals surface area contributed by atoms with Crippen LogP contribution in [0, 0.1) is 0 Å². The highest BCUT2D eigenvalue weighted by Gasteiger charge is 2.31. The molecule has 2 rings (SSSR count). The summed E-state index contributed by atoms with van der Waals surface area (Å²) in [6, 6.07) is 5.78. The fourth-order valence-corrected chi connectivity index (χ4v) is 2.80. The van der Waals surface area contributed by atoms with Gasteiger partial charge in [-0.15, -0.1) is 0 Å². The summed E-state index contributed by atoms with van der Waals surface area (Å²) in [4.78, 5) is 14.1. The highest BCUT2D eigenvalue weighted by atomic mass is 35.5. The van der Waals surface area contributed by atoms with Gasteiger partial charge in [-0.1, -0.05) is 17.7 Å². The number of nitrogens with one attached hydrogen (secondary N) is 2. The van der Waals surface area contributed by atoms with Gasteiger partial charge < -0.3 is 15.5 Å². The van der Waals surface area contributed by atoms with Crippen molar-refractivity contribution in [3.05, 3.63) is 28.8 Å². The molecule has 19 heavy (non-hydrogen) atoms. The maximum absolute atomic E-state index is 12.0. The molecule has 5 heteroatoms. The molecule has 1 aromatic carbocycles. The molecule has 0 bridgehead atoms. The molecular weight excluding hydrogens is 262 g/mol. The first-order chi connectivity index (χ1) is 9.17. The molecule has 0 aromatic heterocycles. The number of hydrogen-bond donors (Lipinski definition) is 2. The molecule has 4 nitrogen and oxygen atoms in total. The maximum Gasteiger partial charge on any atom is 0.242 e. The SMILES string of the molecule is CNCc1ccc(Cl)cc1N1CCCC1C(=O)NC. The smallest absolute Gasteiger partial charge is 0.242 e. The van der Waals surface area contributed by atoms with Crippen molar-refractivity contribution in [2.45, 2.75) is 25.4 Å². The van der Waals surface area contributed by atoms with E-state index in [0.29, 0.717) is 5.02 Å². The Bertz CT molecular complexity index is 464. The first-order valence-corrected chi connectivity index (χ1v) is 6.96. The fourth-order valence-electron chi connectivity index (χ4n) is 2.64. The minimum absolute atomic E-state index is 0.0767. The van der Waals surface area contributed by atoms with Crippen molar-refractivity contribution in [3.8, 4) is 0 Å². The van der Waals surface area contributed by atoms with Gasteiger partial charge in [0.05, 0.1) is 0 Å². The van der Waals surface area contributed by atoms with E-state index < -0.39 is 0 Å². The van der Waals surface area contributed by atoms with Gasteiger partial charge >= 0.3 is 0 Å². The van der Waals surface area contributed by atoms with E-state index in [1.807, 2.05) is 25.2 Å². The van der Waals surface area contributed by atoms with E-state index in [0.717, 1.165) is 31.6 Å². The minimum Gasteiger partial charge on any atom is -0.359 e. The van der Waals surface area contributed by atoms with E-state index in [2.05, 4.69) is 15.5 Å². The Kier molecular flexibility index (Phi) is 4.66. The van der Waals surface area contributed by atoms with Crippen molar-refractivity contribution < 1.29 is 4.79 Å². The van der Waals surface area contributed by atoms with Crippen molar-refractivity contribution in [1.29, 1.82) is 0 Å². The predicted molar refractivity (Wildman–Crippen MR) is 78.7 cm³/mol. The van der Waals surface area contributed by atoms with Crippen molar-refractivity contribution in [2.24, 2.45) is 0 Å². The molecule has 1 aliphatic heterocycles. The fraction of sp³-hybridized carbons (Fsp3) is 0.500. The number of likely N-dealkylation sites (N-methyl/N-ethyl adjacent to an activating group) is 1. The second-order valence-electron chi connectivity index (χ2n) is 4.77. The lowest BCUT2D eigenvalue weighted by Crippen LogP contribution is -2.42. The van der Waals surface area contributed by atoms with Crippen LogP contribution in [0.3, 0.4) is 0 Å². The number of hydrogen-bond acceptors (Lipinski definition) is 3. The van der Waals surface area contributed by atoms with Gasteiger partial charge in [0.2, 0.25) is 5.91 Å². The normalized spacial score (nSPS) is 18.7. The first kappa shape index (κ1) is 14.2. The van der Waals surface area contributed by atoms with Gasteiger partial charge in [-0.25, -0.2) is 0 Å². The molecule has 1 aromatic rings. The third-order valence-electron chi connectivity index (χ3n) is 3.53. The summed E-state index contributed by atoms with van der Waals surface area (Å²) >= 11 is 6.11. The Morgan fingerprint density at radius 3 is 2.95 bits per heavy atom. The van der Waals surface area contributed by atoms with Crippen LogP contribution >= 0.6 is 11.6 Å². The number of benzene rings is 1. The number of amides is 1. The number of halogens is 1. The van der Waals surface area contributed by atoms with Gasteiger partial charge in [0, 0.05) is 30.8 Å². The average molecular weight is 282 g/mol. The molecule has 1 fully saturated rings. The van der Waals surface area contributed by atoms with E-state index >= 15 is 0 Å². The molecule has 2 N–H and O–H groups in total. The molecule has 1 saturated heterocycles. The topological polar surface area (TPSA) is 44.4 Å². The van der Waals surface area contributed by atoms with Crippen molar-refractivity contribution >= 4 is 23.2 Å². The second-order valence-corrected chi connectivity index (χ2v) is 5.21. The van der Waals surface area contributed by atoms with Crippen LogP contribution in [-0.4, -0.2) is 32.6 Å². The van der Waals surface area contributed by atoms with E-state index in [9.17, 15) is 4.79 Å². The number of nitrogens with zero attached hydrogens (tertiary/aromatic N) is 1. The highest BCUT2D eigenvalue weighted by Crippen LogP contribution is 2.31. The molecule has 0 radical (unpaired) electrons. The molecule has 0 aliphatic carbocycles. The number of rotatable bonds is 4. The van der Waals surface area contributed by atoms with Gasteiger partial charge in [-0.05, 0) is 37.6 Å². The highest BCUT2D eigenvalue weighted by molar-refractivity contribution is 6.30. The third kappa shape index (κ3) is 3.01. The largest absolute Gasteiger partial charge is 0.359 e. The van der Waals surface area contributed by atoms with Crippen LogP contribution in [-0.2, 0) is 11.3 Å². The number of carbonyl (C=O) groups is 1. The lowest BCUT2D eigenvalue weighted by atomic mass is 10.1. The van der Waals surface area contributed by atoms with Crippen LogP contribution in [0.2, 0.25) is 5.02 Å². The molecule has 0 saturated carbocycles. The monoisotopic (exact) mass is 281 g/mol. The molecule has 0 spiro atoms.